The van der Waals surface area contributed by atoms with E-state index in [0.717, 1.165) is 57.2 Å². The summed E-state index contributed by atoms with van der Waals surface area (Å²) >= 11 is 1.56. The van der Waals surface area contributed by atoms with E-state index in [1.807, 2.05) is 82.3 Å². The van der Waals surface area contributed by atoms with Crippen molar-refractivity contribution in [3.8, 4) is 21.7 Å². The standard InChI is InChI=1S/C56H70N10O9S/c1-35-51(76-34-62-35)39-14-9-37(10-15-39)30-61-54(72)46-29-42(68)33-66(46)55(73)52(56(2,3)4)64-49(71)20-25-74-24-5-6-41(67)16-17-43(57)47(69)18-11-36-7-12-38(13-8-36)44-32-60-53(58)50(63-44)48(70)28-40-31-59-21-19-45(40)65-22-26-75-27-23-65/h7-10,12-15,19,21,31-32,34,42-43,46,52,68H,5-6,11,16-18,20,22-30,33,57H2,1-4H3,(H2,58,60)(H,61,72)(H,64,71)/t42-,43+,46+,52-/m1/s1. The lowest BCUT2D eigenvalue weighted by atomic mass is 9.85. The highest BCUT2D eigenvalue weighted by atomic mass is 32.1. The van der Waals surface area contributed by atoms with E-state index in [2.05, 4.69) is 35.5 Å². The summed E-state index contributed by atoms with van der Waals surface area (Å²) in [7, 11) is 0. The number of benzene rings is 2. The SMILES string of the molecule is Cc1ncsc1-c1ccc(CNC(=O)[C@@H]2C[C@@H](O)CN2C(=O)[C@@H](NC(=O)CCOCCCC(=O)CC[C@H](N)C(=O)CCc2ccc(-c3cnc(N)c(C(=O)Cc4cnccc4N4CCOCC4)n3)cc2)C(C)(C)C)cc1. The van der Waals surface area contributed by atoms with E-state index in [1.54, 1.807) is 29.2 Å². The predicted molar refractivity (Wildman–Crippen MR) is 289 cm³/mol. The van der Waals surface area contributed by atoms with Crippen LogP contribution < -0.4 is 27.0 Å². The number of β-amino-alcohol motifs (C(OH)–C–C–N with tert-alkyl or cyclic N) is 1. The number of nitrogens with one attached hydrogen (secondary N) is 2. The zero-order valence-electron chi connectivity index (χ0n) is 43.8. The molecule has 7 N–H and O–H groups in total. The number of nitrogen functional groups attached to an aromatic ring is 1. The van der Waals surface area contributed by atoms with Crippen LogP contribution >= 0.6 is 11.3 Å². The van der Waals surface area contributed by atoms with E-state index >= 15 is 0 Å². The van der Waals surface area contributed by atoms with Crippen LogP contribution in [0.2, 0.25) is 0 Å². The summed E-state index contributed by atoms with van der Waals surface area (Å²) in [6.07, 6.45) is 5.80. The van der Waals surface area contributed by atoms with Gasteiger partial charge in [0.05, 0.1) is 59.9 Å². The number of rotatable bonds is 25. The van der Waals surface area contributed by atoms with Crippen molar-refractivity contribution in [2.24, 2.45) is 11.1 Å². The third-order valence-electron chi connectivity index (χ3n) is 13.6. The van der Waals surface area contributed by atoms with Gasteiger partial charge in [-0.15, -0.1) is 11.3 Å². The number of aliphatic hydroxyl groups is 1. The fourth-order valence-corrected chi connectivity index (χ4v) is 10.0. The minimum absolute atomic E-state index is 0.0335. The average Bonchev–Trinajstić information content (AvgIpc) is 4.04. The molecule has 20 heteroatoms. The number of anilines is 2. The summed E-state index contributed by atoms with van der Waals surface area (Å²) < 4.78 is 11.2. The number of aromatic nitrogens is 4. The maximum Gasteiger partial charge on any atom is 0.246 e. The van der Waals surface area contributed by atoms with Gasteiger partial charge in [0, 0.05) is 101 Å². The molecule has 19 nitrogen and oxygen atoms in total. The van der Waals surface area contributed by atoms with Gasteiger partial charge in [0.2, 0.25) is 17.7 Å². The Morgan fingerprint density at radius 3 is 2.34 bits per heavy atom. The normalized spacial score (nSPS) is 16.5. The lowest BCUT2D eigenvalue weighted by Gasteiger charge is -2.35. The Balaban J connectivity index is 0.776. The van der Waals surface area contributed by atoms with Crippen LogP contribution in [0.1, 0.15) is 98.6 Å². The number of aryl methyl sites for hydroxylation is 2. The second-order valence-corrected chi connectivity index (χ2v) is 21.3. The van der Waals surface area contributed by atoms with Crippen molar-refractivity contribution >= 4 is 57.9 Å². The Morgan fingerprint density at radius 1 is 0.908 bits per heavy atom. The van der Waals surface area contributed by atoms with Crippen LogP contribution in [-0.2, 0) is 52.8 Å². The molecule has 0 spiro atoms. The Bertz CT molecular complexity index is 2810. The molecule has 5 aromatic rings. The zero-order chi connectivity index (χ0) is 54.4. The number of nitrogens with zero attached hydrogens (tertiary/aromatic N) is 6. The number of carbonyl (C=O) groups is 6. The second kappa shape index (κ2) is 26.8. The van der Waals surface area contributed by atoms with Crippen LogP contribution in [0.25, 0.3) is 21.7 Å². The number of Topliss-reactive ketones (excluding diaryl/α,β-unsaturated/α-hetero) is 3. The first kappa shape index (κ1) is 56.9. The lowest BCUT2D eigenvalue weighted by molar-refractivity contribution is -0.144. The monoisotopic (exact) mass is 1060 g/mol. The fraction of sp³-hybridized carbons (Fsp3) is 0.464. The van der Waals surface area contributed by atoms with Gasteiger partial charge in [-0.25, -0.2) is 15.0 Å². The number of carbonyl (C=O) groups excluding carboxylic acids is 6. The van der Waals surface area contributed by atoms with Crippen LogP contribution in [0.3, 0.4) is 0 Å². The van der Waals surface area contributed by atoms with E-state index in [-0.39, 0.29) is 106 Å². The van der Waals surface area contributed by atoms with Crippen molar-refractivity contribution < 1.29 is 43.3 Å². The molecule has 76 heavy (non-hydrogen) atoms. The topological polar surface area (TPSA) is 275 Å². The highest BCUT2D eigenvalue weighted by Gasteiger charge is 2.44. The number of nitrogens with two attached hydrogens (primary N) is 2. The Kier molecular flexibility index (Phi) is 20.0. The van der Waals surface area contributed by atoms with Gasteiger partial charge in [0.1, 0.15) is 29.3 Å². The van der Waals surface area contributed by atoms with Crippen LogP contribution in [-0.4, -0.2) is 135 Å². The first-order valence-electron chi connectivity index (χ1n) is 25.9. The van der Waals surface area contributed by atoms with Crippen LogP contribution in [0.4, 0.5) is 11.5 Å². The molecule has 3 amide bonds. The second-order valence-electron chi connectivity index (χ2n) is 20.4. The third-order valence-corrected chi connectivity index (χ3v) is 14.6. The summed E-state index contributed by atoms with van der Waals surface area (Å²) in [6.45, 7) is 10.6. The summed E-state index contributed by atoms with van der Waals surface area (Å²) in [5, 5.41) is 16.3. The van der Waals surface area contributed by atoms with Crippen molar-refractivity contribution in [2.45, 2.75) is 116 Å². The molecule has 7 rings (SSSR count). The Labute approximate surface area is 447 Å². The first-order chi connectivity index (χ1) is 36.4. The molecule has 404 valence electrons. The van der Waals surface area contributed by atoms with Crippen molar-refractivity contribution in [1.82, 2.24) is 35.5 Å². The predicted octanol–water partition coefficient (Wildman–Crippen LogP) is 4.99. The van der Waals surface area contributed by atoms with E-state index in [9.17, 15) is 33.9 Å². The number of pyridine rings is 1. The van der Waals surface area contributed by atoms with Crippen LogP contribution in [0.15, 0.2) is 78.7 Å². The van der Waals surface area contributed by atoms with Crippen molar-refractivity contribution in [2.75, 3.05) is 56.7 Å². The summed E-state index contributed by atoms with van der Waals surface area (Å²) in [5.74, 6) is -1.68. The Hall–Kier alpha value is -6.84. The van der Waals surface area contributed by atoms with E-state index in [4.69, 9.17) is 20.9 Å². The van der Waals surface area contributed by atoms with Crippen molar-refractivity contribution in [1.29, 1.82) is 0 Å². The van der Waals surface area contributed by atoms with Gasteiger partial charge in [-0.2, -0.15) is 0 Å². The maximum atomic E-state index is 14.0. The highest BCUT2D eigenvalue weighted by molar-refractivity contribution is 7.13. The number of hydrogen-bond donors (Lipinski definition) is 5. The molecule has 0 radical (unpaired) electrons. The fourth-order valence-electron chi connectivity index (χ4n) is 9.22. The number of aliphatic hydroxyl groups excluding tert-OH is 1. The van der Waals surface area contributed by atoms with Crippen LogP contribution in [0, 0.1) is 12.3 Å². The van der Waals surface area contributed by atoms with Gasteiger partial charge >= 0.3 is 0 Å². The van der Waals surface area contributed by atoms with E-state index < -0.39 is 41.5 Å². The number of likely N-dealkylation sites (tertiary alicyclic amines) is 1. The first-order valence-corrected chi connectivity index (χ1v) is 26.8. The number of ketones is 3. The molecule has 2 saturated heterocycles. The molecular formula is C56H70N10O9S. The van der Waals surface area contributed by atoms with Crippen LogP contribution in [0.5, 0.6) is 0 Å². The van der Waals surface area contributed by atoms with Gasteiger partial charge in [-0.05, 0) is 54.4 Å². The molecule has 0 saturated carbocycles. The quantitative estimate of drug-likeness (QED) is 0.0380. The molecule has 0 aliphatic carbocycles. The van der Waals surface area contributed by atoms with Gasteiger partial charge < -0.3 is 46.5 Å². The van der Waals surface area contributed by atoms with Gasteiger partial charge in [-0.3, -0.25) is 33.8 Å². The maximum absolute atomic E-state index is 14.0. The number of thiazole rings is 1. The summed E-state index contributed by atoms with van der Waals surface area (Å²) in [5.41, 5.74) is 20.2. The molecule has 2 aromatic carbocycles. The average molecular weight is 1060 g/mol. The molecule has 3 aromatic heterocycles. The van der Waals surface area contributed by atoms with E-state index in [0.29, 0.717) is 31.7 Å². The summed E-state index contributed by atoms with van der Waals surface area (Å²) in [6, 6.07) is 14.5. The number of hydrogen-bond acceptors (Lipinski definition) is 17. The van der Waals surface area contributed by atoms with Gasteiger partial charge in [0.25, 0.3) is 0 Å². The van der Waals surface area contributed by atoms with Crippen molar-refractivity contribution in [3.05, 3.63) is 107 Å². The minimum atomic E-state index is -0.975. The zero-order valence-corrected chi connectivity index (χ0v) is 44.6. The molecule has 2 fully saturated rings. The minimum Gasteiger partial charge on any atom is -0.391 e. The molecule has 2 aliphatic rings. The third kappa shape index (κ3) is 15.6. The lowest BCUT2D eigenvalue weighted by Crippen LogP contribution is -2.57. The molecule has 5 heterocycles. The number of morpholine rings is 1. The largest absolute Gasteiger partial charge is 0.391 e. The van der Waals surface area contributed by atoms with E-state index in [1.165, 1.54) is 11.1 Å². The summed E-state index contributed by atoms with van der Waals surface area (Å²) in [4.78, 5) is 102. The Morgan fingerprint density at radius 2 is 1.63 bits per heavy atom. The molecule has 2 aliphatic heterocycles. The molecular weight excluding hydrogens is 989 g/mol. The molecule has 0 bridgehead atoms. The van der Waals surface area contributed by atoms with Crippen molar-refractivity contribution in [3.63, 3.8) is 0 Å². The highest BCUT2D eigenvalue weighted by Crippen LogP contribution is 2.29. The van der Waals surface area contributed by atoms with Gasteiger partial charge in [0.15, 0.2) is 11.6 Å². The smallest absolute Gasteiger partial charge is 0.246 e. The number of amides is 3. The molecule has 4 atom stereocenters. The number of ether oxygens (including phenoxy) is 2. The molecule has 0 unspecified atom stereocenters. The van der Waals surface area contributed by atoms with Gasteiger partial charge in [-0.1, -0.05) is 69.3 Å².